The number of hydrogen-bond acceptors (Lipinski definition) is 10. The summed E-state index contributed by atoms with van der Waals surface area (Å²) in [6.07, 6.45) is 7.32. The summed E-state index contributed by atoms with van der Waals surface area (Å²) >= 11 is 0. The molecule has 6 rings (SSSR count). The maximum atomic E-state index is 13.2. The van der Waals surface area contributed by atoms with Crippen LogP contribution in [0.2, 0.25) is 0 Å². The van der Waals surface area contributed by atoms with Gasteiger partial charge in [0.2, 0.25) is 11.5 Å². The number of aromatic nitrogens is 4. The summed E-state index contributed by atoms with van der Waals surface area (Å²) in [4.78, 5) is 35.4. The molecule has 3 N–H and O–H groups in total. The molecule has 2 aliphatic heterocycles. The highest BCUT2D eigenvalue weighted by Crippen LogP contribution is 2.33. The zero-order valence-electron chi connectivity index (χ0n) is 20.6. The molecule has 0 unspecified atom stereocenters. The first-order valence-electron chi connectivity index (χ1n) is 12.3. The minimum atomic E-state index is -0.405. The van der Waals surface area contributed by atoms with E-state index in [-0.39, 0.29) is 25.2 Å². The predicted molar refractivity (Wildman–Crippen MR) is 145 cm³/mol. The number of piperidine rings is 1. The van der Waals surface area contributed by atoms with Gasteiger partial charge in [-0.05, 0) is 44.7 Å². The largest absolute Gasteiger partial charge is 0.444 e. The van der Waals surface area contributed by atoms with E-state index in [0.29, 0.717) is 41.2 Å². The van der Waals surface area contributed by atoms with Crippen molar-refractivity contribution in [2.45, 2.75) is 38.6 Å². The van der Waals surface area contributed by atoms with E-state index in [9.17, 15) is 4.79 Å². The second-order valence-corrected chi connectivity index (χ2v) is 9.40. The summed E-state index contributed by atoms with van der Waals surface area (Å²) in [6, 6.07) is 6.04. The second kappa shape index (κ2) is 10.4. The van der Waals surface area contributed by atoms with Gasteiger partial charge in [-0.15, -0.1) is 0 Å². The van der Waals surface area contributed by atoms with Gasteiger partial charge in [-0.25, -0.2) is 9.97 Å². The Bertz CT molecular complexity index is 1410. The molecular formula is C25H30N8O3S. The van der Waals surface area contributed by atoms with Crippen LogP contribution in [-0.4, -0.2) is 58.1 Å². The lowest BCUT2D eigenvalue weighted by Crippen LogP contribution is -2.29. The van der Waals surface area contributed by atoms with E-state index in [1.807, 2.05) is 13.0 Å². The monoisotopic (exact) mass is 522 g/mol. The van der Waals surface area contributed by atoms with Crippen LogP contribution in [-0.2, 0) is 0 Å². The smallest absolute Gasteiger partial charge is 0.299 e. The zero-order chi connectivity index (χ0) is 24.6. The van der Waals surface area contributed by atoms with Crippen molar-refractivity contribution >= 4 is 48.2 Å². The Hall–Kier alpha value is -3.64. The van der Waals surface area contributed by atoms with Crippen molar-refractivity contribution < 1.29 is 13.6 Å². The van der Waals surface area contributed by atoms with Crippen molar-refractivity contribution in [2.24, 2.45) is 5.73 Å². The molecule has 11 nitrogen and oxygen atoms in total. The summed E-state index contributed by atoms with van der Waals surface area (Å²) < 4.78 is 11.6. The summed E-state index contributed by atoms with van der Waals surface area (Å²) in [6.45, 7) is 5.10. The molecule has 2 saturated heterocycles. The Balaban J connectivity index is 0.00000280. The number of anilines is 3. The number of pyridine rings is 2. The van der Waals surface area contributed by atoms with Crippen molar-refractivity contribution in [1.29, 1.82) is 0 Å². The lowest BCUT2D eigenvalue weighted by atomic mass is 10.1. The number of nitrogens with zero attached hydrogens (tertiary/aromatic N) is 6. The Morgan fingerprint density at radius 2 is 1.95 bits per heavy atom. The van der Waals surface area contributed by atoms with E-state index in [1.54, 1.807) is 18.3 Å². The van der Waals surface area contributed by atoms with Gasteiger partial charge in [0.05, 0.1) is 5.69 Å². The minimum absolute atomic E-state index is 0. The van der Waals surface area contributed by atoms with Crippen LogP contribution in [0.5, 0.6) is 0 Å². The number of nitrogens with one attached hydrogen (secondary N) is 1. The molecule has 1 atom stereocenters. The van der Waals surface area contributed by atoms with Crippen molar-refractivity contribution in [3.63, 3.8) is 0 Å². The van der Waals surface area contributed by atoms with E-state index in [2.05, 4.69) is 30.1 Å². The maximum Gasteiger partial charge on any atom is 0.299 e. The molecular weight excluding hydrogens is 492 g/mol. The van der Waals surface area contributed by atoms with Gasteiger partial charge in [0.25, 0.3) is 11.9 Å². The molecule has 0 radical (unpaired) electrons. The Kier molecular flexibility index (Phi) is 7.02. The van der Waals surface area contributed by atoms with Crippen LogP contribution in [0.15, 0.2) is 39.5 Å². The van der Waals surface area contributed by atoms with Crippen LogP contribution in [0.3, 0.4) is 0 Å². The molecule has 0 aliphatic carbocycles. The van der Waals surface area contributed by atoms with Gasteiger partial charge in [0.15, 0.2) is 17.1 Å². The first-order valence-corrected chi connectivity index (χ1v) is 12.3. The number of carbonyl (C=O) groups excluding carboxylic acids is 1. The molecule has 0 bridgehead atoms. The number of carbonyl (C=O) groups is 1. The molecule has 2 aliphatic rings. The fourth-order valence-corrected chi connectivity index (χ4v) is 4.75. The average molecular weight is 523 g/mol. The van der Waals surface area contributed by atoms with Gasteiger partial charge < -0.3 is 29.7 Å². The highest BCUT2D eigenvalue weighted by atomic mass is 32.1. The maximum absolute atomic E-state index is 13.2. The van der Waals surface area contributed by atoms with Crippen molar-refractivity contribution in [1.82, 2.24) is 19.9 Å². The van der Waals surface area contributed by atoms with Crippen LogP contribution >= 0.6 is 13.5 Å². The molecule has 194 valence electrons. The Morgan fingerprint density at radius 1 is 1.11 bits per heavy atom. The van der Waals surface area contributed by atoms with Gasteiger partial charge >= 0.3 is 0 Å². The first kappa shape index (κ1) is 25.0. The number of nitrogens with two attached hydrogens (primary N) is 1. The Labute approximate surface area is 220 Å². The molecule has 12 heteroatoms. The summed E-state index contributed by atoms with van der Waals surface area (Å²) in [5, 5.41) is 2.96. The molecule has 4 aromatic heterocycles. The molecule has 2 fully saturated rings. The summed E-state index contributed by atoms with van der Waals surface area (Å²) in [5.41, 5.74) is 9.47. The van der Waals surface area contributed by atoms with E-state index in [1.165, 1.54) is 12.7 Å². The molecule has 0 aromatic carbocycles. The van der Waals surface area contributed by atoms with Gasteiger partial charge in [0.1, 0.15) is 6.26 Å². The van der Waals surface area contributed by atoms with Crippen molar-refractivity contribution in [3.05, 3.63) is 42.0 Å². The van der Waals surface area contributed by atoms with Crippen LogP contribution < -0.4 is 20.9 Å². The topological polar surface area (TPSA) is 139 Å². The summed E-state index contributed by atoms with van der Waals surface area (Å²) in [5.74, 6) is 0.569. The number of fused-ring (bicyclic) bond motifs is 1. The van der Waals surface area contributed by atoms with E-state index in [0.717, 1.165) is 50.2 Å². The van der Waals surface area contributed by atoms with Gasteiger partial charge in [-0.2, -0.15) is 18.5 Å². The predicted octanol–water partition coefficient (Wildman–Crippen LogP) is 3.47. The number of rotatable bonds is 5. The quantitative estimate of drug-likeness (QED) is 0.400. The molecule has 0 saturated carbocycles. The average Bonchev–Trinajstić information content (AvgIpc) is 3.63. The van der Waals surface area contributed by atoms with Crippen molar-refractivity contribution in [3.8, 4) is 11.5 Å². The lowest BCUT2D eigenvalue weighted by molar-refractivity contribution is 0.102. The number of amides is 1. The van der Waals surface area contributed by atoms with Gasteiger partial charge in [-0.1, -0.05) is 0 Å². The van der Waals surface area contributed by atoms with Crippen LogP contribution in [0.1, 0.15) is 41.9 Å². The van der Waals surface area contributed by atoms with Crippen molar-refractivity contribution in [2.75, 3.05) is 41.3 Å². The van der Waals surface area contributed by atoms with E-state index < -0.39 is 5.91 Å². The highest BCUT2D eigenvalue weighted by Gasteiger charge is 2.27. The van der Waals surface area contributed by atoms with Gasteiger partial charge in [-0.3, -0.25) is 9.78 Å². The zero-order valence-corrected chi connectivity index (χ0v) is 21.6. The van der Waals surface area contributed by atoms with Crippen LogP contribution in [0, 0.1) is 6.92 Å². The normalized spacial score (nSPS) is 17.7. The van der Waals surface area contributed by atoms with Crippen LogP contribution in [0.4, 0.5) is 17.5 Å². The fraction of sp³-hybridized carbons (Fsp3) is 0.400. The second-order valence-electron chi connectivity index (χ2n) is 9.40. The molecule has 6 heterocycles. The number of hydrogen-bond donors (Lipinski definition) is 2. The SMILES string of the molecule is Cc1cc(-c2nc(C(=O)Nc3cc4oc(N5CCCCC5)nc4nc3N3CC[C@H](N)C3)co2)ccn1.S. The molecule has 37 heavy (non-hydrogen) atoms. The molecule has 1 amide bonds. The lowest BCUT2D eigenvalue weighted by Gasteiger charge is -2.24. The third-order valence-corrected chi connectivity index (χ3v) is 6.63. The van der Waals surface area contributed by atoms with E-state index >= 15 is 0 Å². The minimum Gasteiger partial charge on any atom is -0.444 e. The Morgan fingerprint density at radius 3 is 2.70 bits per heavy atom. The molecule has 0 spiro atoms. The third kappa shape index (κ3) is 5.12. The molecule has 4 aromatic rings. The third-order valence-electron chi connectivity index (χ3n) is 6.63. The fourth-order valence-electron chi connectivity index (χ4n) is 4.75. The van der Waals surface area contributed by atoms with Crippen LogP contribution in [0.25, 0.3) is 22.7 Å². The standard InChI is InChI=1S/C25H28N8O3.H2S/c1-15-11-16(5-7-27-15)24-29-19(14-35-24)23(34)28-18-12-20-21(30-22(18)33-10-6-17(26)13-33)31-25(36-20)32-8-3-2-4-9-32;/h5,7,11-12,14,17H,2-4,6,8-10,13,26H2,1H3,(H,28,34);1H2/t17-;/m0./s1. The number of oxazole rings is 2. The number of aryl methyl sites for hydroxylation is 1. The highest BCUT2D eigenvalue weighted by molar-refractivity contribution is 7.59. The summed E-state index contributed by atoms with van der Waals surface area (Å²) in [7, 11) is 0. The van der Waals surface area contributed by atoms with E-state index in [4.69, 9.17) is 19.6 Å². The van der Waals surface area contributed by atoms with Gasteiger partial charge in [0, 0.05) is 55.7 Å². The first-order chi connectivity index (χ1) is 17.5.